The van der Waals surface area contributed by atoms with E-state index < -0.39 is 5.54 Å². The van der Waals surface area contributed by atoms with Crippen LogP contribution in [0.25, 0.3) is 0 Å². The summed E-state index contributed by atoms with van der Waals surface area (Å²) < 4.78 is 5.49. The molecule has 2 unspecified atom stereocenters. The zero-order valence-corrected chi connectivity index (χ0v) is 13.9. The van der Waals surface area contributed by atoms with Crippen molar-refractivity contribution in [2.24, 2.45) is 5.41 Å². The number of amides is 2. The Kier molecular flexibility index (Phi) is 4.34. The van der Waals surface area contributed by atoms with Crippen LogP contribution in [0.5, 0.6) is 0 Å². The van der Waals surface area contributed by atoms with E-state index in [0.29, 0.717) is 25.8 Å². The normalized spacial score (nSPS) is 31.4. The minimum absolute atomic E-state index is 0.0185. The van der Waals surface area contributed by atoms with Crippen LogP contribution >= 0.6 is 0 Å². The van der Waals surface area contributed by atoms with Crippen molar-refractivity contribution in [1.29, 1.82) is 0 Å². The van der Waals surface area contributed by atoms with Crippen molar-refractivity contribution in [3.05, 3.63) is 0 Å². The van der Waals surface area contributed by atoms with E-state index in [0.717, 1.165) is 6.42 Å². The molecule has 1 aliphatic heterocycles. The number of nitrogens with one attached hydrogen (secondary N) is 1. The monoisotopic (exact) mass is 296 g/mol. The lowest BCUT2D eigenvalue weighted by molar-refractivity contribution is -0.166. The van der Waals surface area contributed by atoms with Crippen molar-refractivity contribution in [2.75, 3.05) is 13.7 Å². The summed E-state index contributed by atoms with van der Waals surface area (Å²) in [5.41, 5.74) is -0.799. The van der Waals surface area contributed by atoms with Gasteiger partial charge in [0.05, 0.1) is 6.10 Å². The molecule has 5 heteroatoms. The van der Waals surface area contributed by atoms with E-state index in [1.54, 1.807) is 7.11 Å². The summed E-state index contributed by atoms with van der Waals surface area (Å²) >= 11 is 0. The molecule has 0 spiro atoms. The Labute approximate surface area is 127 Å². The van der Waals surface area contributed by atoms with Gasteiger partial charge in [-0.1, -0.05) is 27.7 Å². The first-order valence-electron chi connectivity index (χ1n) is 7.97. The van der Waals surface area contributed by atoms with Gasteiger partial charge in [-0.2, -0.15) is 0 Å². The van der Waals surface area contributed by atoms with Crippen LogP contribution in [-0.4, -0.2) is 48.1 Å². The summed E-state index contributed by atoms with van der Waals surface area (Å²) in [5, 5.41) is 2.97. The van der Waals surface area contributed by atoms with E-state index in [2.05, 4.69) is 19.2 Å². The molecule has 1 saturated carbocycles. The summed E-state index contributed by atoms with van der Waals surface area (Å²) in [6, 6.07) is 0.153. The van der Waals surface area contributed by atoms with Crippen molar-refractivity contribution in [3.63, 3.8) is 0 Å². The second-order valence-electron chi connectivity index (χ2n) is 6.88. The third-order valence-corrected chi connectivity index (χ3v) is 5.62. The second kappa shape index (κ2) is 5.59. The van der Waals surface area contributed by atoms with E-state index in [1.807, 2.05) is 18.7 Å². The lowest BCUT2D eigenvalue weighted by Crippen LogP contribution is -2.66. The van der Waals surface area contributed by atoms with Gasteiger partial charge in [-0.05, 0) is 19.3 Å². The van der Waals surface area contributed by atoms with Crippen LogP contribution in [0.2, 0.25) is 0 Å². The highest BCUT2D eigenvalue weighted by atomic mass is 16.5. The fraction of sp³-hybridized carbons (Fsp3) is 0.875. The first-order valence-corrected chi connectivity index (χ1v) is 7.97. The molecule has 0 bridgehead atoms. The van der Waals surface area contributed by atoms with Gasteiger partial charge in [0, 0.05) is 31.5 Å². The zero-order chi connectivity index (χ0) is 15.8. The predicted octanol–water partition coefficient (Wildman–Crippen LogP) is 1.71. The highest BCUT2D eigenvalue weighted by Gasteiger charge is 2.55. The van der Waals surface area contributed by atoms with Crippen molar-refractivity contribution in [2.45, 2.75) is 71.1 Å². The molecule has 1 aliphatic carbocycles. The fourth-order valence-corrected chi connectivity index (χ4v) is 3.80. The van der Waals surface area contributed by atoms with Crippen LogP contribution in [0.4, 0.5) is 0 Å². The van der Waals surface area contributed by atoms with Gasteiger partial charge in [0.1, 0.15) is 5.54 Å². The lowest BCUT2D eigenvalue weighted by Gasteiger charge is -2.56. The van der Waals surface area contributed by atoms with E-state index in [9.17, 15) is 9.59 Å². The first kappa shape index (κ1) is 16.3. The van der Waals surface area contributed by atoms with Crippen LogP contribution in [0.15, 0.2) is 0 Å². The summed E-state index contributed by atoms with van der Waals surface area (Å²) in [6.07, 6.45) is 2.68. The van der Waals surface area contributed by atoms with Crippen LogP contribution in [0, 0.1) is 5.41 Å². The van der Waals surface area contributed by atoms with Crippen molar-refractivity contribution < 1.29 is 14.3 Å². The van der Waals surface area contributed by atoms with Crippen molar-refractivity contribution in [3.8, 4) is 0 Å². The predicted molar refractivity (Wildman–Crippen MR) is 80.8 cm³/mol. The molecule has 5 nitrogen and oxygen atoms in total. The van der Waals surface area contributed by atoms with E-state index in [4.69, 9.17) is 4.74 Å². The van der Waals surface area contributed by atoms with Gasteiger partial charge in [-0.25, -0.2) is 0 Å². The summed E-state index contributed by atoms with van der Waals surface area (Å²) in [4.78, 5) is 27.0. The number of hydrogen-bond donors (Lipinski definition) is 1. The van der Waals surface area contributed by atoms with Crippen LogP contribution in [-0.2, 0) is 14.3 Å². The van der Waals surface area contributed by atoms with Gasteiger partial charge in [-0.15, -0.1) is 0 Å². The quantitative estimate of drug-likeness (QED) is 0.859. The second-order valence-corrected chi connectivity index (χ2v) is 6.88. The number of methoxy groups -OCH3 is 1. The maximum absolute atomic E-state index is 13.1. The SMILES string of the molecule is CCC1(CC)NC(=O)CCN(C2CC(OC)C2(C)C)C1=O. The minimum Gasteiger partial charge on any atom is -0.381 e. The molecule has 120 valence electrons. The van der Waals surface area contributed by atoms with Crippen molar-refractivity contribution >= 4 is 11.8 Å². The van der Waals surface area contributed by atoms with Crippen molar-refractivity contribution in [1.82, 2.24) is 10.2 Å². The molecule has 0 aromatic heterocycles. The number of hydrogen-bond acceptors (Lipinski definition) is 3. The molecular formula is C16H28N2O3. The molecule has 2 fully saturated rings. The molecule has 2 atom stereocenters. The molecule has 0 aromatic carbocycles. The molecule has 2 rings (SSSR count). The topological polar surface area (TPSA) is 58.6 Å². The average Bonchev–Trinajstić information content (AvgIpc) is 2.57. The number of carbonyl (C=O) groups is 2. The maximum atomic E-state index is 13.1. The Bertz CT molecular complexity index is 429. The Morgan fingerprint density at radius 2 is 1.90 bits per heavy atom. The highest BCUT2D eigenvalue weighted by molar-refractivity contribution is 5.93. The van der Waals surface area contributed by atoms with Gasteiger partial charge in [0.25, 0.3) is 0 Å². The number of rotatable bonds is 4. The summed E-state index contributed by atoms with van der Waals surface area (Å²) in [5.74, 6) is 0.0564. The molecule has 1 heterocycles. The lowest BCUT2D eigenvalue weighted by atomic mass is 9.63. The Morgan fingerprint density at radius 1 is 1.29 bits per heavy atom. The highest BCUT2D eigenvalue weighted by Crippen LogP contribution is 2.46. The number of nitrogens with zero attached hydrogens (tertiary/aromatic N) is 1. The minimum atomic E-state index is -0.734. The molecule has 1 saturated heterocycles. The third kappa shape index (κ3) is 2.45. The molecular weight excluding hydrogens is 268 g/mol. The summed E-state index contributed by atoms with van der Waals surface area (Å²) in [6.45, 7) is 8.73. The van der Waals surface area contributed by atoms with Crippen LogP contribution in [0.1, 0.15) is 53.4 Å². The zero-order valence-electron chi connectivity index (χ0n) is 13.9. The molecule has 0 aromatic rings. The van der Waals surface area contributed by atoms with E-state index in [1.165, 1.54) is 0 Å². The third-order valence-electron chi connectivity index (χ3n) is 5.62. The van der Waals surface area contributed by atoms with Crippen LogP contribution < -0.4 is 5.32 Å². The first-order chi connectivity index (χ1) is 9.82. The van der Waals surface area contributed by atoms with Crippen LogP contribution in [0.3, 0.4) is 0 Å². The molecule has 2 amide bonds. The molecule has 21 heavy (non-hydrogen) atoms. The summed E-state index contributed by atoms with van der Waals surface area (Å²) in [7, 11) is 1.72. The number of ether oxygens (including phenoxy) is 1. The molecule has 2 aliphatic rings. The average molecular weight is 296 g/mol. The smallest absolute Gasteiger partial charge is 0.248 e. The van der Waals surface area contributed by atoms with Gasteiger partial charge in [0.15, 0.2) is 0 Å². The molecule has 1 N–H and O–H groups in total. The maximum Gasteiger partial charge on any atom is 0.248 e. The fourth-order valence-electron chi connectivity index (χ4n) is 3.80. The van der Waals surface area contributed by atoms with Gasteiger partial charge < -0.3 is 15.0 Å². The van der Waals surface area contributed by atoms with Gasteiger partial charge in [-0.3, -0.25) is 9.59 Å². The Balaban J connectivity index is 2.27. The largest absolute Gasteiger partial charge is 0.381 e. The molecule has 0 radical (unpaired) electrons. The van der Waals surface area contributed by atoms with Gasteiger partial charge >= 0.3 is 0 Å². The standard InChI is InChI=1S/C16H28N2O3/c1-6-16(7-2)14(20)18(9-8-13(19)17-16)11-10-12(21-5)15(11,3)4/h11-12H,6-10H2,1-5H3,(H,17,19). The van der Waals surface area contributed by atoms with Gasteiger partial charge in [0.2, 0.25) is 11.8 Å². The van der Waals surface area contributed by atoms with E-state index >= 15 is 0 Å². The Morgan fingerprint density at radius 3 is 2.38 bits per heavy atom. The Hall–Kier alpha value is -1.10. The van der Waals surface area contributed by atoms with E-state index in [-0.39, 0.29) is 29.4 Å². The number of carbonyl (C=O) groups excluding carboxylic acids is 2.